The second-order valence-corrected chi connectivity index (χ2v) is 6.79. The van der Waals surface area contributed by atoms with Gasteiger partial charge in [-0.2, -0.15) is 11.8 Å². The van der Waals surface area contributed by atoms with Gasteiger partial charge in [0.25, 0.3) is 0 Å². The molecular weight excluding hydrogens is 254 g/mol. The molecular formula is C16H25NOS. The smallest absolute Gasteiger partial charge is 0.115 e. The number of aromatic hydroxyl groups is 1. The minimum atomic E-state index is 0.368. The van der Waals surface area contributed by atoms with E-state index < -0.39 is 0 Å². The van der Waals surface area contributed by atoms with Gasteiger partial charge in [0.2, 0.25) is 0 Å². The van der Waals surface area contributed by atoms with E-state index in [1.165, 1.54) is 37.7 Å². The molecule has 0 heterocycles. The second-order valence-electron chi connectivity index (χ2n) is 5.45. The van der Waals surface area contributed by atoms with Crippen LogP contribution in [-0.4, -0.2) is 29.2 Å². The van der Waals surface area contributed by atoms with Crippen molar-refractivity contribution < 1.29 is 5.11 Å². The van der Waals surface area contributed by atoms with Crippen LogP contribution in [0.15, 0.2) is 24.3 Å². The van der Waals surface area contributed by atoms with Gasteiger partial charge in [0, 0.05) is 17.0 Å². The molecule has 1 unspecified atom stereocenters. The van der Waals surface area contributed by atoms with Crippen LogP contribution < -0.4 is 5.32 Å². The van der Waals surface area contributed by atoms with Crippen LogP contribution in [0, 0.1) is 0 Å². The fourth-order valence-corrected chi connectivity index (χ4v) is 4.15. The molecule has 1 fully saturated rings. The van der Waals surface area contributed by atoms with Crippen molar-refractivity contribution in [2.45, 2.75) is 49.8 Å². The van der Waals surface area contributed by atoms with Crippen molar-refractivity contribution in [2.75, 3.05) is 12.8 Å². The maximum atomic E-state index is 9.51. The van der Waals surface area contributed by atoms with Gasteiger partial charge in [-0.1, -0.05) is 31.4 Å². The van der Waals surface area contributed by atoms with Crippen LogP contribution in [0.1, 0.15) is 37.7 Å². The van der Waals surface area contributed by atoms with Gasteiger partial charge in [-0.3, -0.25) is 0 Å². The zero-order valence-electron chi connectivity index (χ0n) is 11.8. The van der Waals surface area contributed by atoms with Crippen molar-refractivity contribution in [3.8, 4) is 5.75 Å². The number of thioether (sulfide) groups is 1. The summed E-state index contributed by atoms with van der Waals surface area (Å²) < 4.78 is 0. The van der Waals surface area contributed by atoms with Gasteiger partial charge in [0.1, 0.15) is 5.75 Å². The van der Waals surface area contributed by atoms with Crippen LogP contribution in [0.3, 0.4) is 0 Å². The summed E-state index contributed by atoms with van der Waals surface area (Å²) >= 11 is 2.13. The normalized spacial score (nSPS) is 18.4. The highest BCUT2D eigenvalue weighted by atomic mass is 32.2. The van der Waals surface area contributed by atoms with E-state index in [1.807, 2.05) is 19.2 Å². The maximum Gasteiger partial charge on any atom is 0.115 e. The molecule has 2 N–H and O–H groups in total. The average molecular weight is 279 g/mol. The number of hydrogen-bond donors (Lipinski definition) is 2. The third kappa shape index (κ3) is 5.07. The lowest BCUT2D eigenvalue weighted by atomic mass is 10.0. The molecule has 106 valence electrons. The third-order valence-electron chi connectivity index (χ3n) is 3.89. The Labute approximate surface area is 121 Å². The van der Waals surface area contributed by atoms with E-state index in [0.29, 0.717) is 11.8 Å². The van der Waals surface area contributed by atoms with Crippen LogP contribution in [0.2, 0.25) is 0 Å². The second kappa shape index (κ2) is 7.81. The summed E-state index contributed by atoms with van der Waals surface area (Å²) in [6, 6.07) is 8.11. The average Bonchev–Trinajstić information content (AvgIpc) is 2.44. The van der Waals surface area contributed by atoms with Crippen molar-refractivity contribution in [1.29, 1.82) is 0 Å². The predicted octanol–water partition coefficient (Wildman–Crippen LogP) is 3.59. The number of phenols is 1. The van der Waals surface area contributed by atoms with Crippen LogP contribution in [0.25, 0.3) is 0 Å². The van der Waals surface area contributed by atoms with Gasteiger partial charge in [0.05, 0.1) is 0 Å². The Kier molecular flexibility index (Phi) is 6.05. The first kappa shape index (κ1) is 14.7. The van der Waals surface area contributed by atoms with E-state index in [1.54, 1.807) is 6.07 Å². The van der Waals surface area contributed by atoms with Crippen LogP contribution >= 0.6 is 11.8 Å². The van der Waals surface area contributed by atoms with Gasteiger partial charge in [-0.05, 0) is 44.0 Å². The first-order valence-corrected chi connectivity index (χ1v) is 8.39. The Bertz CT molecular complexity index is 377. The predicted molar refractivity (Wildman–Crippen MR) is 84.0 cm³/mol. The summed E-state index contributed by atoms with van der Waals surface area (Å²) in [4.78, 5) is 0. The van der Waals surface area contributed by atoms with Gasteiger partial charge in [-0.15, -0.1) is 0 Å². The van der Waals surface area contributed by atoms with Crippen molar-refractivity contribution in [2.24, 2.45) is 0 Å². The molecule has 1 atom stereocenters. The Hall–Kier alpha value is -0.670. The summed E-state index contributed by atoms with van der Waals surface area (Å²) in [5, 5.41) is 13.8. The third-order valence-corrected chi connectivity index (χ3v) is 5.42. The molecule has 19 heavy (non-hydrogen) atoms. The number of phenolic OH excluding ortho intramolecular Hbond substituents is 1. The van der Waals surface area contributed by atoms with Crippen molar-refractivity contribution in [1.82, 2.24) is 5.32 Å². The molecule has 0 aromatic heterocycles. The Balaban J connectivity index is 1.79. The van der Waals surface area contributed by atoms with Crippen LogP contribution in [-0.2, 0) is 6.42 Å². The highest BCUT2D eigenvalue weighted by Crippen LogP contribution is 2.29. The van der Waals surface area contributed by atoms with E-state index in [-0.39, 0.29) is 0 Å². The lowest BCUT2D eigenvalue weighted by Gasteiger charge is -2.24. The van der Waals surface area contributed by atoms with Crippen molar-refractivity contribution in [3.05, 3.63) is 29.8 Å². The zero-order valence-corrected chi connectivity index (χ0v) is 12.6. The van der Waals surface area contributed by atoms with Crippen molar-refractivity contribution in [3.63, 3.8) is 0 Å². The Morgan fingerprint density at radius 3 is 2.79 bits per heavy atom. The minimum Gasteiger partial charge on any atom is -0.508 e. The quantitative estimate of drug-likeness (QED) is 0.834. The van der Waals surface area contributed by atoms with Crippen LogP contribution in [0.5, 0.6) is 5.75 Å². The standard InChI is InChI=1S/C16H25NOS/c1-17-14(10-13-6-5-7-15(18)11-13)12-19-16-8-3-2-4-9-16/h5-7,11,14,16-18H,2-4,8-10,12H2,1H3. The van der Waals surface area contributed by atoms with E-state index in [9.17, 15) is 5.11 Å². The van der Waals surface area contributed by atoms with Crippen molar-refractivity contribution >= 4 is 11.8 Å². The Morgan fingerprint density at radius 2 is 2.11 bits per heavy atom. The topological polar surface area (TPSA) is 32.3 Å². The van der Waals surface area contributed by atoms with Gasteiger partial charge in [0.15, 0.2) is 0 Å². The fourth-order valence-electron chi connectivity index (χ4n) is 2.70. The van der Waals surface area contributed by atoms with E-state index >= 15 is 0 Å². The first-order chi connectivity index (χ1) is 9.28. The number of rotatable bonds is 6. The molecule has 1 aromatic rings. The molecule has 0 radical (unpaired) electrons. The van der Waals surface area contributed by atoms with Crippen LogP contribution in [0.4, 0.5) is 0 Å². The minimum absolute atomic E-state index is 0.368. The summed E-state index contributed by atoms with van der Waals surface area (Å²) in [7, 11) is 2.04. The lowest BCUT2D eigenvalue weighted by Crippen LogP contribution is -2.31. The van der Waals surface area contributed by atoms with Gasteiger partial charge < -0.3 is 10.4 Å². The Morgan fingerprint density at radius 1 is 1.32 bits per heavy atom. The molecule has 0 bridgehead atoms. The molecule has 1 aromatic carbocycles. The number of likely N-dealkylation sites (N-methyl/N-ethyl adjacent to an activating group) is 1. The SMILES string of the molecule is CNC(CSC1CCCCC1)Cc1cccc(O)c1. The number of hydrogen-bond acceptors (Lipinski definition) is 3. The molecule has 2 nitrogen and oxygen atoms in total. The largest absolute Gasteiger partial charge is 0.508 e. The zero-order chi connectivity index (χ0) is 13.5. The fraction of sp³-hybridized carbons (Fsp3) is 0.625. The summed E-state index contributed by atoms with van der Waals surface area (Å²) in [5.74, 6) is 1.53. The molecule has 1 aliphatic carbocycles. The first-order valence-electron chi connectivity index (χ1n) is 7.34. The molecule has 0 spiro atoms. The van der Waals surface area contributed by atoms with Gasteiger partial charge in [-0.25, -0.2) is 0 Å². The molecule has 2 rings (SSSR count). The lowest BCUT2D eigenvalue weighted by molar-refractivity contribution is 0.474. The number of nitrogens with one attached hydrogen (secondary N) is 1. The summed E-state index contributed by atoms with van der Waals surface area (Å²) in [6.07, 6.45) is 8.03. The molecule has 3 heteroatoms. The molecule has 0 amide bonds. The molecule has 0 aliphatic heterocycles. The summed E-state index contributed by atoms with van der Waals surface area (Å²) in [5.41, 5.74) is 1.21. The molecule has 1 saturated carbocycles. The number of benzene rings is 1. The molecule has 1 aliphatic rings. The van der Waals surface area contributed by atoms with E-state index in [0.717, 1.165) is 17.4 Å². The molecule has 0 saturated heterocycles. The maximum absolute atomic E-state index is 9.51. The monoisotopic (exact) mass is 279 g/mol. The van der Waals surface area contributed by atoms with E-state index in [4.69, 9.17) is 0 Å². The highest BCUT2D eigenvalue weighted by Gasteiger charge is 2.16. The van der Waals surface area contributed by atoms with E-state index in [2.05, 4.69) is 23.1 Å². The highest BCUT2D eigenvalue weighted by molar-refractivity contribution is 7.99. The summed E-state index contributed by atoms with van der Waals surface area (Å²) in [6.45, 7) is 0. The van der Waals surface area contributed by atoms with Gasteiger partial charge >= 0.3 is 0 Å².